The fourth-order valence-electron chi connectivity index (χ4n) is 4.50. The van der Waals surface area contributed by atoms with Crippen LogP contribution in [0.5, 0.6) is 11.5 Å². The van der Waals surface area contributed by atoms with Gasteiger partial charge in [-0.25, -0.2) is 9.97 Å². The molecule has 1 aliphatic heterocycles. The second-order valence-electron chi connectivity index (χ2n) is 8.55. The molecule has 0 saturated carbocycles. The maximum absolute atomic E-state index is 5.99. The smallest absolute Gasteiger partial charge is 0.134 e. The number of methoxy groups -OCH3 is 1. The highest BCUT2D eigenvalue weighted by Crippen LogP contribution is 2.32. The van der Waals surface area contributed by atoms with Gasteiger partial charge in [0.15, 0.2) is 0 Å². The highest BCUT2D eigenvalue weighted by molar-refractivity contribution is 5.71. The summed E-state index contributed by atoms with van der Waals surface area (Å²) in [5, 5.41) is 3.45. The van der Waals surface area contributed by atoms with Gasteiger partial charge in [0, 0.05) is 34.8 Å². The van der Waals surface area contributed by atoms with Gasteiger partial charge in [0.25, 0.3) is 0 Å². The molecule has 0 fully saturated rings. The minimum Gasteiger partial charge on any atom is -0.496 e. The van der Waals surface area contributed by atoms with Crippen molar-refractivity contribution in [3.63, 3.8) is 0 Å². The van der Waals surface area contributed by atoms with E-state index in [1.807, 2.05) is 49.4 Å². The molecule has 0 bridgehead atoms. The molecule has 0 spiro atoms. The number of hydrogen-bond acceptors (Lipinski definition) is 6. The minimum absolute atomic E-state index is 0.611. The lowest BCUT2D eigenvalue weighted by atomic mass is 10.1. The maximum Gasteiger partial charge on any atom is 0.134 e. The highest BCUT2D eigenvalue weighted by Gasteiger charge is 2.15. The first kappa shape index (κ1) is 23.4. The van der Waals surface area contributed by atoms with Crippen LogP contribution in [0.1, 0.15) is 24.5 Å². The Morgan fingerprint density at radius 2 is 1.81 bits per heavy atom. The Balaban J connectivity index is 1.43. The predicted molar refractivity (Wildman–Crippen MR) is 145 cm³/mol. The average molecular weight is 479 g/mol. The van der Waals surface area contributed by atoms with Crippen molar-refractivity contribution < 1.29 is 9.47 Å². The molecule has 1 aromatic heterocycles. The van der Waals surface area contributed by atoms with Crippen LogP contribution in [0.4, 0.5) is 17.2 Å². The summed E-state index contributed by atoms with van der Waals surface area (Å²) in [6.07, 6.45) is 8.08. The maximum atomic E-state index is 5.99. The van der Waals surface area contributed by atoms with Gasteiger partial charge in [0.1, 0.15) is 23.6 Å². The molecule has 6 heteroatoms. The summed E-state index contributed by atoms with van der Waals surface area (Å²) in [5.41, 5.74) is 6.35. The number of aryl methyl sites for hydroxylation is 1. The zero-order valence-corrected chi connectivity index (χ0v) is 20.6. The van der Waals surface area contributed by atoms with Gasteiger partial charge in [-0.2, -0.15) is 0 Å². The first-order valence-electron chi connectivity index (χ1n) is 12.2. The zero-order chi connectivity index (χ0) is 24.7. The number of hydrogen-bond donors (Lipinski definition) is 1. The average Bonchev–Trinajstić information content (AvgIpc) is 3.12. The molecular formula is C30H30N4O2. The number of allylic oxidation sites excluding steroid dienone is 1. The fraction of sp³-hybridized carbons (Fsp3) is 0.200. The monoisotopic (exact) mass is 478 g/mol. The molecule has 36 heavy (non-hydrogen) atoms. The van der Waals surface area contributed by atoms with Crippen LogP contribution in [0, 0.1) is 0 Å². The Labute approximate surface area is 212 Å². The van der Waals surface area contributed by atoms with Crippen LogP contribution in [-0.4, -0.2) is 23.7 Å². The molecule has 0 atom stereocenters. The summed E-state index contributed by atoms with van der Waals surface area (Å²) >= 11 is 0. The van der Waals surface area contributed by atoms with Crippen molar-refractivity contribution in [3.8, 4) is 22.8 Å². The largest absolute Gasteiger partial charge is 0.496 e. The molecule has 0 amide bonds. The summed E-state index contributed by atoms with van der Waals surface area (Å²) in [5.74, 6) is 2.37. The Hall–Kier alpha value is -4.32. The number of nitrogens with zero attached hydrogens (tertiary/aromatic N) is 3. The standard InChI is InChI=1S/C30H30N4O2/c1-3-36-28-16-15-24(18-23(28)20-34-17-9-8-11-22-10-4-6-13-27(22)34)33-30-19-26(31-21-32-30)25-12-5-7-14-29(25)35-2/h4-7,9-10,12-19,21H,3,8,11,20H2,1-2H3,(H,31,32,33). The van der Waals surface area contributed by atoms with Crippen molar-refractivity contribution in [1.29, 1.82) is 0 Å². The van der Waals surface area contributed by atoms with Crippen LogP contribution >= 0.6 is 0 Å². The van der Waals surface area contributed by atoms with Gasteiger partial charge < -0.3 is 19.7 Å². The molecule has 2 heterocycles. The quantitative estimate of drug-likeness (QED) is 0.302. The Bertz CT molecular complexity index is 1370. The van der Waals surface area contributed by atoms with E-state index in [1.165, 1.54) is 11.3 Å². The van der Waals surface area contributed by atoms with Crippen LogP contribution in [0.25, 0.3) is 11.3 Å². The number of fused-ring (bicyclic) bond motifs is 1. The number of ether oxygens (including phenoxy) is 2. The molecule has 0 saturated heterocycles. The summed E-state index contributed by atoms with van der Waals surface area (Å²) < 4.78 is 11.5. The third kappa shape index (κ3) is 5.18. The van der Waals surface area contributed by atoms with E-state index in [2.05, 4.69) is 62.8 Å². The number of nitrogens with one attached hydrogen (secondary N) is 1. The number of anilines is 3. The van der Waals surface area contributed by atoms with Gasteiger partial charge >= 0.3 is 0 Å². The lowest BCUT2D eigenvalue weighted by molar-refractivity contribution is 0.336. The third-order valence-corrected chi connectivity index (χ3v) is 6.19. The van der Waals surface area contributed by atoms with Crippen molar-refractivity contribution in [3.05, 3.63) is 103 Å². The summed E-state index contributed by atoms with van der Waals surface area (Å²) in [6, 6.07) is 24.6. The van der Waals surface area contributed by atoms with Crippen LogP contribution in [-0.2, 0) is 13.0 Å². The van der Waals surface area contributed by atoms with Crippen molar-refractivity contribution in [2.45, 2.75) is 26.3 Å². The van der Waals surface area contributed by atoms with Crippen molar-refractivity contribution >= 4 is 17.2 Å². The van der Waals surface area contributed by atoms with Gasteiger partial charge in [0.2, 0.25) is 0 Å². The van der Waals surface area contributed by atoms with Crippen molar-refractivity contribution in [2.24, 2.45) is 0 Å². The second kappa shape index (κ2) is 11.0. The van der Waals surface area contributed by atoms with Crippen molar-refractivity contribution in [2.75, 3.05) is 23.9 Å². The molecule has 0 unspecified atom stereocenters. The van der Waals surface area contributed by atoms with E-state index >= 15 is 0 Å². The fourth-order valence-corrected chi connectivity index (χ4v) is 4.50. The van der Waals surface area contributed by atoms with Gasteiger partial charge in [0.05, 0.1) is 26.0 Å². The van der Waals surface area contributed by atoms with E-state index < -0.39 is 0 Å². The molecule has 6 nitrogen and oxygen atoms in total. The van der Waals surface area contributed by atoms with Gasteiger partial charge in [-0.15, -0.1) is 0 Å². The van der Waals surface area contributed by atoms with Crippen LogP contribution < -0.4 is 19.7 Å². The number of aromatic nitrogens is 2. The lowest BCUT2D eigenvalue weighted by Crippen LogP contribution is -2.17. The SMILES string of the molecule is CCOc1ccc(Nc2cc(-c3ccccc3OC)ncn2)cc1CN1C=CCCc2ccccc21. The van der Waals surface area contributed by atoms with Crippen molar-refractivity contribution in [1.82, 2.24) is 9.97 Å². The van der Waals surface area contributed by atoms with Gasteiger partial charge in [-0.05, 0) is 61.7 Å². The minimum atomic E-state index is 0.611. The van der Waals surface area contributed by atoms with E-state index in [4.69, 9.17) is 9.47 Å². The van der Waals surface area contributed by atoms with Gasteiger partial charge in [-0.1, -0.05) is 36.4 Å². The number of para-hydroxylation sites is 2. The summed E-state index contributed by atoms with van der Waals surface area (Å²) in [7, 11) is 1.67. The van der Waals surface area contributed by atoms with E-state index in [1.54, 1.807) is 13.4 Å². The number of rotatable bonds is 8. The first-order chi connectivity index (χ1) is 17.7. The third-order valence-electron chi connectivity index (χ3n) is 6.19. The predicted octanol–water partition coefficient (Wildman–Crippen LogP) is 6.76. The van der Waals surface area contributed by atoms with E-state index in [-0.39, 0.29) is 0 Å². The molecular weight excluding hydrogens is 448 g/mol. The molecule has 1 aliphatic rings. The van der Waals surface area contributed by atoms with Crippen LogP contribution in [0.3, 0.4) is 0 Å². The van der Waals surface area contributed by atoms with E-state index in [0.29, 0.717) is 19.0 Å². The zero-order valence-electron chi connectivity index (χ0n) is 20.6. The Morgan fingerprint density at radius 3 is 2.69 bits per heavy atom. The summed E-state index contributed by atoms with van der Waals surface area (Å²) in [6.45, 7) is 3.33. The molecule has 0 aliphatic carbocycles. The molecule has 4 aromatic rings. The topological polar surface area (TPSA) is 59.5 Å². The molecule has 182 valence electrons. The second-order valence-corrected chi connectivity index (χ2v) is 8.55. The highest BCUT2D eigenvalue weighted by atomic mass is 16.5. The van der Waals surface area contributed by atoms with Crippen LogP contribution in [0.15, 0.2) is 91.4 Å². The Kier molecular flexibility index (Phi) is 7.12. The van der Waals surface area contributed by atoms with E-state index in [9.17, 15) is 0 Å². The molecule has 1 N–H and O–H groups in total. The molecule has 5 rings (SSSR count). The normalized spacial score (nSPS) is 12.6. The molecule has 0 radical (unpaired) electrons. The number of benzene rings is 3. The summed E-state index contributed by atoms with van der Waals surface area (Å²) in [4.78, 5) is 11.2. The Morgan fingerprint density at radius 1 is 0.944 bits per heavy atom. The lowest BCUT2D eigenvalue weighted by Gasteiger charge is -2.24. The van der Waals surface area contributed by atoms with Gasteiger partial charge in [-0.3, -0.25) is 0 Å². The van der Waals surface area contributed by atoms with Crippen LogP contribution in [0.2, 0.25) is 0 Å². The first-order valence-corrected chi connectivity index (χ1v) is 12.2. The van der Waals surface area contributed by atoms with E-state index in [0.717, 1.165) is 46.8 Å². The molecule has 3 aromatic carbocycles.